The van der Waals surface area contributed by atoms with E-state index in [1.54, 1.807) is 0 Å². The number of hydrogen-bond donors (Lipinski definition) is 1. The first-order valence-electron chi connectivity index (χ1n) is 9.87. The molecule has 0 bridgehead atoms. The summed E-state index contributed by atoms with van der Waals surface area (Å²) in [6.45, 7) is 0. The highest BCUT2D eigenvalue weighted by molar-refractivity contribution is 5.89. The van der Waals surface area contributed by atoms with Gasteiger partial charge in [-0.05, 0) is 36.5 Å². The molecule has 1 fully saturated rings. The number of hydrogen-bond acceptors (Lipinski definition) is 3. The molecule has 5 rings (SSSR count). The Morgan fingerprint density at radius 3 is 2.17 bits per heavy atom. The van der Waals surface area contributed by atoms with E-state index in [1.807, 2.05) is 54.6 Å². The summed E-state index contributed by atoms with van der Waals surface area (Å²) in [7, 11) is 0. The first-order chi connectivity index (χ1) is 14.5. The van der Waals surface area contributed by atoms with Crippen LogP contribution in [0.5, 0.6) is 0 Å². The monoisotopic (exact) mass is 403 g/mol. The maximum Gasteiger partial charge on any atom is 0.201 e. The lowest BCUT2D eigenvalue weighted by Gasteiger charge is -2.38. The zero-order valence-corrected chi connectivity index (χ0v) is 16.1. The highest BCUT2D eigenvalue weighted by Crippen LogP contribution is 2.40. The molecule has 150 valence electrons. The average molecular weight is 403 g/mol. The van der Waals surface area contributed by atoms with Gasteiger partial charge in [0.15, 0.2) is 11.6 Å². The summed E-state index contributed by atoms with van der Waals surface area (Å²) in [5.41, 5.74) is 8.35. The lowest BCUT2D eigenvalue weighted by molar-refractivity contribution is 0.253. The number of rotatable bonds is 3. The molecule has 3 nitrogen and oxygen atoms in total. The predicted octanol–water partition coefficient (Wildman–Crippen LogP) is 5.74. The Bertz CT molecular complexity index is 1310. The summed E-state index contributed by atoms with van der Waals surface area (Å²) in [4.78, 5) is 13.4. The van der Waals surface area contributed by atoms with E-state index >= 15 is 0 Å². The van der Waals surface area contributed by atoms with Gasteiger partial charge in [-0.3, -0.25) is 4.79 Å². The molecule has 0 spiro atoms. The standard InChI is InChI=1S/C25H19F2NO2/c26-19-13-18-21(14-20(19)27)30-24(16-5-2-1-3-6-16)22(23(18)29)15-7-9-17(10-8-15)25(28)11-4-12-25/h1-3,5-10,13-14H,4,11-12,28H2. The van der Waals surface area contributed by atoms with E-state index < -0.39 is 17.1 Å². The first kappa shape index (κ1) is 18.7. The van der Waals surface area contributed by atoms with Crippen molar-refractivity contribution in [3.05, 3.63) is 94.2 Å². The molecular weight excluding hydrogens is 384 g/mol. The quantitative estimate of drug-likeness (QED) is 0.474. The minimum atomic E-state index is -1.08. The van der Waals surface area contributed by atoms with Gasteiger partial charge < -0.3 is 10.2 Å². The third kappa shape index (κ3) is 2.94. The second-order valence-electron chi connectivity index (χ2n) is 7.85. The van der Waals surface area contributed by atoms with Crippen molar-refractivity contribution >= 4 is 11.0 Å². The van der Waals surface area contributed by atoms with Crippen molar-refractivity contribution in [2.75, 3.05) is 0 Å². The van der Waals surface area contributed by atoms with Crippen LogP contribution in [0.1, 0.15) is 24.8 Å². The Kier molecular flexibility index (Phi) is 4.29. The van der Waals surface area contributed by atoms with Gasteiger partial charge in [0.1, 0.15) is 11.3 Å². The first-order valence-corrected chi connectivity index (χ1v) is 9.87. The van der Waals surface area contributed by atoms with Crippen molar-refractivity contribution in [2.24, 2.45) is 5.73 Å². The second-order valence-corrected chi connectivity index (χ2v) is 7.85. The lowest BCUT2D eigenvalue weighted by atomic mass is 9.72. The van der Waals surface area contributed by atoms with Crippen LogP contribution >= 0.6 is 0 Å². The van der Waals surface area contributed by atoms with Crippen LogP contribution in [0, 0.1) is 11.6 Å². The van der Waals surface area contributed by atoms with E-state index in [0.29, 0.717) is 22.5 Å². The number of benzene rings is 3. The highest BCUT2D eigenvalue weighted by Gasteiger charge is 2.34. The molecule has 0 unspecified atom stereocenters. The smallest absolute Gasteiger partial charge is 0.201 e. The van der Waals surface area contributed by atoms with Gasteiger partial charge in [-0.25, -0.2) is 8.78 Å². The maximum absolute atomic E-state index is 13.8. The van der Waals surface area contributed by atoms with Crippen LogP contribution in [0.2, 0.25) is 0 Å². The summed E-state index contributed by atoms with van der Waals surface area (Å²) in [6, 6.07) is 18.5. The average Bonchev–Trinajstić information content (AvgIpc) is 2.74. The van der Waals surface area contributed by atoms with E-state index in [4.69, 9.17) is 10.2 Å². The fraction of sp³-hybridized carbons (Fsp3) is 0.160. The molecule has 2 N–H and O–H groups in total. The summed E-state index contributed by atoms with van der Waals surface area (Å²) in [5, 5.41) is 0.00180. The van der Waals surface area contributed by atoms with Crippen molar-refractivity contribution in [3.63, 3.8) is 0 Å². The zero-order chi connectivity index (χ0) is 20.9. The predicted molar refractivity (Wildman–Crippen MR) is 113 cm³/mol. The Morgan fingerprint density at radius 2 is 1.53 bits per heavy atom. The molecule has 0 amide bonds. The van der Waals surface area contributed by atoms with Gasteiger partial charge in [-0.2, -0.15) is 0 Å². The van der Waals surface area contributed by atoms with Gasteiger partial charge in [0, 0.05) is 17.2 Å². The normalized spacial score (nSPS) is 15.2. The van der Waals surface area contributed by atoms with Crippen LogP contribution in [0.15, 0.2) is 75.9 Å². The van der Waals surface area contributed by atoms with Gasteiger partial charge in [0.05, 0.1) is 10.9 Å². The van der Waals surface area contributed by atoms with E-state index in [-0.39, 0.29) is 16.5 Å². The number of nitrogens with two attached hydrogens (primary N) is 1. The molecular formula is C25H19F2NO2. The molecule has 0 aliphatic heterocycles. The van der Waals surface area contributed by atoms with Gasteiger partial charge >= 0.3 is 0 Å². The molecule has 0 radical (unpaired) electrons. The third-order valence-electron chi connectivity index (χ3n) is 5.96. The van der Waals surface area contributed by atoms with E-state index in [9.17, 15) is 13.6 Å². The van der Waals surface area contributed by atoms with E-state index in [0.717, 1.165) is 37.0 Å². The maximum atomic E-state index is 13.8. The van der Waals surface area contributed by atoms with Crippen molar-refractivity contribution in [1.82, 2.24) is 0 Å². The molecule has 1 aliphatic rings. The molecule has 5 heteroatoms. The summed E-state index contributed by atoms with van der Waals surface area (Å²) in [6.07, 6.45) is 2.97. The van der Waals surface area contributed by atoms with Crippen LogP contribution in [-0.2, 0) is 5.54 Å². The Hall–Kier alpha value is -3.31. The van der Waals surface area contributed by atoms with Gasteiger partial charge in [0.25, 0.3) is 0 Å². The van der Waals surface area contributed by atoms with Crippen LogP contribution in [0.25, 0.3) is 33.4 Å². The summed E-state index contributed by atoms with van der Waals surface area (Å²) >= 11 is 0. The van der Waals surface area contributed by atoms with Crippen molar-refractivity contribution in [1.29, 1.82) is 0 Å². The molecule has 0 saturated heterocycles. The van der Waals surface area contributed by atoms with E-state index in [1.165, 1.54) is 0 Å². The third-order valence-corrected chi connectivity index (χ3v) is 5.96. The SMILES string of the molecule is NC1(c2ccc(-c3c(-c4ccccc4)oc4cc(F)c(F)cc4c3=O)cc2)CCC1. The lowest BCUT2D eigenvalue weighted by Crippen LogP contribution is -2.43. The molecule has 1 aromatic heterocycles. The summed E-state index contributed by atoms with van der Waals surface area (Å²) in [5.74, 6) is -1.83. The topological polar surface area (TPSA) is 56.2 Å². The fourth-order valence-electron chi connectivity index (χ4n) is 4.06. The van der Waals surface area contributed by atoms with Gasteiger partial charge in [0.2, 0.25) is 5.43 Å². The molecule has 3 aromatic carbocycles. The zero-order valence-electron chi connectivity index (χ0n) is 16.1. The number of halogens is 2. The Morgan fingerprint density at radius 1 is 0.867 bits per heavy atom. The molecule has 1 aliphatic carbocycles. The van der Waals surface area contributed by atoms with Crippen LogP contribution in [0.3, 0.4) is 0 Å². The molecule has 0 atom stereocenters. The van der Waals surface area contributed by atoms with Crippen LogP contribution < -0.4 is 11.2 Å². The van der Waals surface area contributed by atoms with Gasteiger partial charge in [-0.15, -0.1) is 0 Å². The number of fused-ring (bicyclic) bond motifs is 1. The van der Waals surface area contributed by atoms with E-state index in [2.05, 4.69) is 0 Å². The molecule has 1 saturated carbocycles. The molecule has 1 heterocycles. The Labute approximate surface area is 171 Å². The Balaban J connectivity index is 1.76. The summed E-state index contributed by atoms with van der Waals surface area (Å²) < 4.78 is 33.6. The largest absolute Gasteiger partial charge is 0.455 e. The van der Waals surface area contributed by atoms with Crippen LogP contribution in [-0.4, -0.2) is 0 Å². The van der Waals surface area contributed by atoms with Gasteiger partial charge in [-0.1, -0.05) is 54.6 Å². The highest BCUT2D eigenvalue weighted by atomic mass is 19.2. The van der Waals surface area contributed by atoms with Crippen molar-refractivity contribution in [3.8, 4) is 22.5 Å². The second kappa shape index (κ2) is 6.89. The minimum absolute atomic E-state index is 0.00180. The molecule has 4 aromatic rings. The minimum Gasteiger partial charge on any atom is -0.455 e. The van der Waals surface area contributed by atoms with Crippen molar-refractivity contribution in [2.45, 2.75) is 24.8 Å². The van der Waals surface area contributed by atoms with Crippen molar-refractivity contribution < 1.29 is 13.2 Å². The fourth-order valence-corrected chi connectivity index (χ4v) is 4.06. The van der Waals surface area contributed by atoms with Crippen LogP contribution in [0.4, 0.5) is 8.78 Å². The molecule has 30 heavy (non-hydrogen) atoms.